The lowest BCUT2D eigenvalue weighted by Gasteiger charge is -2.38. The van der Waals surface area contributed by atoms with Gasteiger partial charge in [0.15, 0.2) is 0 Å². The van der Waals surface area contributed by atoms with Crippen molar-refractivity contribution in [1.82, 2.24) is 9.46 Å². The quantitative estimate of drug-likeness (QED) is 0.225. The van der Waals surface area contributed by atoms with Crippen LogP contribution in [0.4, 0.5) is 17.1 Å². The van der Waals surface area contributed by atoms with Crippen LogP contribution in [-0.4, -0.2) is 16.3 Å². The number of nitrogens with zero attached hydrogens (tertiary/aromatic N) is 3. The summed E-state index contributed by atoms with van der Waals surface area (Å²) in [5.74, 6) is 0.989. The lowest BCUT2D eigenvalue weighted by Crippen LogP contribution is -2.56. The van der Waals surface area contributed by atoms with Crippen LogP contribution in [0.25, 0.3) is 44.5 Å². The van der Waals surface area contributed by atoms with Gasteiger partial charge >= 0.3 is 6.85 Å². The molecule has 4 nitrogen and oxygen atoms in total. The van der Waals surface area contributed by atoms with E-state index >= 15 is 0 Å². The van der Waals surface area contributed by atoms with E-state index in [0.717, 1.165) is 44.9 Å². The maximum absolute atomic E-state index is 6.87. The Morgan fingerprint density at radius 2 is 1.43 bits per heavy atom. The normalized spacial score (nSPS) is 13.2. The zero-order valence-corrected chi connectivity index (χ0v) is 22.2. The summed E-state index contributed by atoms with van der Waals surface area (Å²) in [6.45, 7) is 4.22. The van der Waals surface area contributed by atoms with Crippen LogP contribution in [0.1, 0.15) is 11.1 Å². The largest absolute Gasteiger partial charge is 0.466 e. The minimum absolute atomic E-state index is 0.150. The molecule has 0 aliphatic carbocycles. The Bertz CT molecular complexity index is 2140. The van der Waals surface area contributed by atoms with E-state index < -0.39 is 0 Å². The van der Waals surface area contributed by atoms with Crippen molar-refractivity contribution in [3.63, 3.8) is 0 Å². The molecule has 0 unspecified atom stereocenters. The number of para-hydroxylation sites is 3. The van der Waals surface area contributed by atoms with Crippen molar-refractivity contribution >= 4 is 57.0 Å². The number of hydrogen-bond donors (Lipinski definition) is 0. The summed E-state index contributed by atoms with van der Waals surface area (Å²) in [7, 11) is 0. The predicted octanol–water partition coefficient (Wildman–Crippen LogP) is 7.48. The second-order valence-electron chi connectivity index (χ2n) is 10.9. The van der Waals surface area contributed by atoms with Crippen LogP contribution in [-0.2, 0) is 0 Å². The Kier molecular flexibility index (Phi) is 4.24. The fourth-order valence-electron chi connectivity index (χ4n) is 7.04. The van der Waals surface area contributed by atoms with Crippen LogP contribution in [0.2, 0.25) is 0 Å². The molecule has 0 N–H and O–H groups in total. The van der Waals surface area contributed by atoms with Gasteiger partial charge in [0.1, 0.15) is 17.1 Å². The van der Waals surface area contributed by atoms with E-state index in [9.17, 15) is 0 Å². The van der Waals surface area contributed by atoms with Gasteiger partial charge in [-0.2, -0.15) is 0 Å². The molecule has 2 aliphatic rings. The fraction of sp³-hybridized carbons (Fsp3) is 0.0571. The van der Waals surface area contributed by atoms with Crippen molar-refractivity contribution < 1.29 is 4.42 Å². The Morgan fingerprint density at radius 3 is 2.27 bits per heavy atom. The van der Waals surface area contributed by atoms with Gasteiger partial charge in [-0.25, -0.2) is 4.98 Å². The minimum atomic E-state index is -0.150. The molecule has 5 aromatic carbocycles. The van der Waals surface area contributed by atoms with Crippen molar-refractivity contribution in [2.75, 3.05) is 4.90 Å². The number of aromatic nitrogens is 2. The van der Waals surface area contributed by atoms with Crippen molar-refractivity contribution in [3.05, 3.63) is 120 Å². The second kappa shape index (κ2) is 7.77. The lowest BCUT2D eigenvalue weighted by molar-refractivity contribution is 0.649. The van der Waals surface area contributed by atoms with E-state index in [4.69, 9.17) is 9.40 Å². The molecule has 2 aromatic heterocycles. The van der Waals surface area contributed by atoms with Gasteiger partial charge in [0.2, 0.25) is 0 Å². The van der Waals surface area contributed by atoms with Gasteiger partial charge in [0.05, 0.1) is 16.7 Å². The van der Waals surface area contributed by atoms with Crippen LogP contribution < -0.4 is 16.0 Å². The summed E-state index contributed by atoms with van der Waals surface area (Å²) in [5, 5.41) is 1.11. The molecule has 2 aliphatic heterocycles. The number of anilines is 3. The number of imidazole rings is 1. The van der Waals surface area contributed by atoms with Gasteiger partial charge < -0.3 is 13.8 Å². The molecule has 0 saturated heterocycles. The first-order valence-corrected chi connectivity index (χ1v) is 13.8. The molecule has 5 heteroatoms. The molecule has 7 aromatic rings. The number of hydrogen-bond acceptors (Lipinski definition) is 3. The Morgan fingerprint density at radius 1 is 0.700 bits per heavy atom. The van der Waals surface area contributed by atoms with Crippen molar-refractivity contribution in [2.45, 2.75) is 13.8 Å². The standard InChI is InChI=1S/C35H24BN3O/c1-21-11-8-12-22(2)30(21)35-37-27-18-9-17-25-24-16-10-19-28-31(24)36(39(35)32(25)27)34-33(26-15-6-7-20-29(26)40-34)38(28)23-13-4-3-5-14-23/h3-20H,1-2H3. The van der Waals surface area contributed by atoms with Gasteiger partial charge in [-0.05, 0) is 72.4 Å². The maximum atomic E-state index is 6.87. The van der Waals surface area contributed by atoms with Gasteiger partial charge in [-0.15, -0.1) is 0 Å². The molecular formula is C35H24BN3O. The molecule has 0 radical (unpaired) electrons. The van der Waals surface area contributed by atoms with Crippen LogP contribution in [0, 0.1) is 13.8 Å². The van der Waals surface area contributed by atoms with Crippen LogP contribution in [0.3, 0.4) is 0 Å². The average Bonchev–Trinajstić information content (AvgIpc) is 3.55. The second-order valence-corrected chi connectivity index (χ2v) is 10.9. The maximum Gasteiger partial charge on any atom is 0.377 e. The van der Waals surface area contributed by atoms with Crippen molar-refractivity contribution in [1.29, 1.82) is 0 Å². The van der Waals surface area contributed by atoms with E-state index in [2.05, 4.69) is 132 Å². The summed E-state index contributed by atoms with van der Waals surface area (Å²) in [6, 6.07) is 38.7. The molecule has 0 spiro atoms. The average molecular weight is 513 g/mol. The first-order chi connectivity index (χ1) is 19.7. The number of benzene rings is 5. The van der Waals surface area contributed by atoms with Crippen LogP contribution in [0.15, 0.2) is 114 Å². The van der Waals surface area contributed by atoms with E-state index in [1.54, 1.807) is 0 Å². The summed E-state index contributed by atoms with van der Waals surface area (Å²) in [5.41, 5.74) is 14.7. The summed E-state index contributed by atoms with van der Waals surface area (Å²) in [4.78, 5) is 7.71. The summed E-state index contributed by atoms with van der Waals surface area (Å²) < 4.78 is 9.32. The van der Waals surface area contributed by atoms with Crippen molar-refractivity contribution in [3.8, 4) is 22.5 Å². The zero-order chi connectivity index (χ0) is 26.5. The molecule has 0 fully saturated rings. The Labute approximate surface area is 232 Å². The number of fused-ring (bicyclic) bond motifs is 6. The van der Waals surface area contributed by atoms with Gasteiger partial charge in [-0.1, -0.05) is 72.8 Å². The lowest BCUT2D eigenvalue weighted by atomic mass is 9.47. The van der Waals surface area contributed by atoms with Gasteiger partial charge in [-0.3, -0.25) is 0 Å². The molecule has 4 heterocycles. The monoisotopic (exact) mass is 513 g/mol. The number of rotatable bonds is 2. The summed E-state index contributed by atoms with van der Waals surface area (Å²) >= 11 is 0. The summed E-state index contributed by atoms with van der Waals surface area (Å²) in [6.07, 6.45) is 0. The fourth-order valence-corrected chi connectivity index (χ4v) is 7.04. The minimum Gasteiger partial charge on any atom is -0.466 e. The number of furan rings is 1. The molecule has 40 heavy (non-hydrogen) atoms. The molecular weight excluding hydrogens is 489 g/mol. The molecule has 9 rings (SSSR count). The SMILES string of the molecule is Cc1cccc(C)c1-c1nc2cccc3c2n1B1c2oc4ccccc4c2N(c2ccccc2)c2cccc-3c21. The first-order valence-electron chi connectivity index (χ1n) is 13.8. The highest BCUT2D eigenvalue weighted by atomic mass is 16.3. The predicted molar refractivity (Wildman–Crippen MR) is 165 cm³/mol. The zero-order valence-electron chi connectivity index (χ0n) is 22.2. The van der Waals surface area contributed by atoms with Gasteiger partial charge in [0.25, 0.3) is 0 Å². The third kappa shape index (κ3) is 2.69. The first kappa shape index (κ1) is 21.9. The van der Waals surface area contributed by atoms with Crippen molar-refractivity contribution in [2.24, 2.45) is 0 Å². The van der Waals surface area contributed by atoms with E-state index in [1.807, 2.05) is 0 Å². The third-order valence-corrected chi connectivity index (χ3v) is 8.64. The smallest absolute Gasteiger partial charge is 0.377 e. The topological polar surface area (TPSA) is 34.2 Å². The highest BCUT2D eigenvalue weighted by Crippen LogP contribution is 2.46. The molecule has 0 saturated carbocycles. The van der Waals surface area contributed by atoms with E-state index in [1.165, 1.54) is 39.0 Å². The van der Waals surface area contributed by atoms with E-state index in [-0.39, 0.29) is 6.85 Å². The Hall–Kier alpha value is -5.03. The molecule has 0 amide bonds. The number of aryl methyl sites for hydroxylation is 2. The van der Waals surface area contributed by atoms with Crippen LogP contribution >= 0.6 is 0 Å². The van der Waals surface area contributed by atoms with Crippen LogP contribution in [0.5, 0.6) is 0 Å². The Balaban J connectivity index is 1.48. The van der Waals surface area contributed by atoms with E-state index in [0.29, 0.717) is 0 Å². The third-order valence-electron chi connectivity index (χ3n) is 8.64. The highest BCUT2D eigenvalue weighted by molar-refractivity contribution is 6.89. The molecule has 0 atom stereocenters. The van der Waals surface area contributed by atoms with Gasteiger partial charge in [0, 0.05) is 27.9 Å². The molecule has 0 bridgehead atoms. The highest BCUT2D eigenvalue weighted by Gasteiger charge is 2.46. The molecule has 188 valence electrons.